The Morgan fingerprint density at radius 2 is 1.81 bits per heavy atom. The Labute approximate surface area is 134 Å². The van der Waals surface area contributed by atoms with Gasteiger partial charge in [0.15, 0.2) is 0 Å². The van der Waals surface area contributed by atoms with Crippen LogP contribution in [0.25, 0.3) is 0 Å². The Morgan fingerprint density at radius 3 is 2.48 bits per heavy atom. The Bertz CT molecular complexity index is 671. The summed E-state index contributed by atoms with van der Waals surface area (Å²) in [4.78, 5) is 11.9. The topological polar surface area (TPSA) is 41.1 Å². The predicted octanol–water partition coefficient (Wildman–Crippen LogP) is 4.66. The molecule has 0 aliphatic carbocycles. The van der Waals surface area contributed by atoms with Crippen LogP contribution >= 0.6 is 23.2 Å². The lowest BCUT2D eigenvalue weighted by atomic mass is 10.1. The van der Waals surface area contributed by atoms with Crippen LogP contribution in [0.3, 0.4) is 0 Å². The molecule has 0 bridgehead atoms. The molecule has 0 radical (unpaired) electrons. The van der Waals surface area contributed by atoms with Gasteiger partial charge < -0.3 is 10.6 Å². The second-order valence-electron chi connectivity index (χ2n) is 4.82. The summed E-state index contributed by atoms with van der Waals surface area (Å²) in [6, 6.07) is 10.9. The first-order valence-electron chi connectivity index (χ1n) is 6.52. The molecule has 0 aliphatic rings. The lowest BCUT2D eigenvalue weighted by Gasteiger charge is -2.10. The first kappa shape index (κ1) is 15.7. The summed E-state index contributed by atoms with van der Waals surface area (Å²) in [5, 5.41) is 6.78. The fourth-order valence-corrected chi connectivity index (χ4v) is 2.27. The number of aryl methyl sites for hydroxylation is 2. The second kappa shape index (κ2) is 6.83. The number of halogens is 2. The summed E-state index contributed by atoms with van der Waals surface area (Å²) >= 11 is 11.8. The molecule has 110 valence electrons. The van der Waals surface area contributed by atoms with E-state index in [0.717, 1.165) is 5.69 Å². The third-order valence-corrected chi connectivity index (χ3v) is 3.71. The largest absolute Gasteiger partial charge is 0.376 e. The van der Waals surface area contributed by atoms with E-state index in [1.807, 2.05) is 32.0 Å². The number of rotatable bonds is 4. The molecule has 0 saturated heterocycles. The summed E-state index contributed by atoms with van der Waals surface area (Å²) in [6.45, 7) is 4.25. The number of hydrogen-bond donors (Lipinski definition) is 2. The first-order valence-corrected chi connectivity index (χ1v) is 7.27. The molecule has 2 aromatic carbocycles. The standard InChI is InChI=1S/C16H16Cl2N2O/c1-10-3-5-13(7-11(10)2)19-9-16(21)20-15-6-4-12(17)8-14(15)18/h3-8,19H,9H2,1-2H3,(H,20,21). The first-order chi connectivity index (χ1) is 9.95. The molecule has 2 rings (SSSR count). The minimum Gasteiger partial charge on any atom is -0.376 e. The average molecular weight is 323 g/mol. The molecule has 5 heteroatoms. The molecule has 0 unspecified atom stereocenters. The van der Waals surface area contributed by atoms with E-state index in [-0.39, 0.29) is 12.5 Å². The van der Waals surface area contributed by atoms with Gasteiger partial charge in [0.2, 0.25) is 5.91 Å². The van der Waals surface area contributed by atoms with Crippen LogP contribution in [0.15, 0.2) is 36.4 Å². The number of anilines is 2. The van der Waals surface area contributed by atoms with E-state index in [1.54, 1.807) is 18.2 Å². The molecule has 1 amide bonds. The fourth-order valence-electron chi connectivity index (χ4n) is 1.82. The van der Waals surface area contributed by atoms with Gasteiger partial charge in [0.05, 0.1) is 17.3 Å². The maximum absolute atomic E-state index is 11.9. The van der Waals surface area contributed by atoms with Gasteiger partial charge in [0.25, 0.3) is 0 Å². The predicted molar refractivity (Wildman–Crippen MR) is 89.5 cm³/mol. The Hall–Kier alpha value is -1.71. The van der Waals surface area contributed by atoms with Crippen molar-refractivity contribution in [2.45, 2.75) is 13.8 Å². The van der Waals surface area contributed by atoms with E-state index in [0.29, 0.717) is 15.7 Å². The van der Waals surface area contributed by atoms with Gasteiger partial charge in [-0.3, -0.25) is 4.79 Å². The van der Waals surface area contributed by atoms with E-state index in [9.17, 15) is 4.79 Å². The van der Waals surface area contributed by atoms with E-state index < -0.39 is 0 Å². The SMILES string of the molecule is Cc1ccc(NCC(=O)Nc2ccc(Cl)cc2Cl)cc1C. The molecule has 0 fully saturated rings. The quantitative estimate of drug-likeness (QED) is 0.859. The van der Waals surface area contributed by atoms with Crippen LogP contribution in [0.5, 0.6) is 0 Å². The highest BCUT2D eigenvalue weighted by Gasteiger charge is 2.06. The number of carbonyl (C=O) groups is 1. The minimum atomic E-state index is -0.169. The van der Waals surface area contributed by atoms with Crippen LogP contribution in [-0.4, -0.2) is 12.5 Å². The molecule has 0 spiro atoms. The molecule has 0 saturated carbocycles. The molecule has 2 N–H and O–H groups in total. The van der Waals surface area contributed by atoms with Gasteiger partial charge in [-0.2, -0.15) is 0 Å². The summed E-state index contributed by atoms with van der Waals surface area (Å²) in [6.07, 6.45) is 0. The number of hydrogen-bond acceptors (Lipinski definition) is 2. The highest BCUT2D eigenvalue weighted by atomic mass is 35.5. The van der Waals surface area contributed by atoms with Gasteiger partial charge in [-0.1, -0.05) is 29.3 Å². The van der Waals surface area contributed by atoms with Gasteiger partial charge in [0, 0.05) is 10.7 Å². The van der Waals surface area contributed by atoms with Gasteiger partial charge in [-0.15, -0.1) is 0 Å². The molecular weight excluding hydrogens is 307 g/mol. The van der Waals surface area contributed by atoms with Crippen molar-refractivity contribution in [3.8, 4) is 0 Å². The maximum Gasteiger partial charge on any atom is 0.243 e. The minimum absolute atomic E-state index is 0.168. The van der Waals surface area contributed by atoms with Gasteiger partial charge in [-0.05, 0) is 55.3 Å². The van der Waals surface area contributed by atoms with Gasteiger partial charge >= 0.3 is 0 Å². The van der Waals surface area contributed by atoms with Crippen molar-refractivity contribution in [1.29, 1.82) is 0 Å². The number of benzene rings is 2. The van der Waals surface area contributed by atoms with Gasteiger partial charge in [-0.25, -0.2) is 0 Å². The number of carbonyl (C=O) groups excluding carboxylic acids is 1. The summed E-state index contributed by atoms with van der Waals surface area (Å²) in [5.41, 5.74) is 3.86. The van der Waals surface area contributed by atoms with Crippen molar-refractivity contribution in [3.05, 3.63) is 57.6 Å². The van der Waals surface area contributed by atoms with Crippen molar-refractivity contribution < 1.29 is 4.79 Å². The monoisotopic (exact) mass is 322 g/mol. The third kappa shape index (κ3) is 4.38. The second-order valence-corrected chi connectivity index (χ2v) is 5.67. The van der Waals surface area contributed by atoms with Crippen molar-refractivity contribution in [2.75, 3.05) is 17.2 Å². The summed E-state index contributed by atoms with van der Waals surface area (Å²) in [5.74, 6) is -0.169. The molecule has 0 heterocycles. The molecule has 0 atom stereocenters. The Kier molecular flexibility index (Phi) is 5.10. The zero-order chi connectivity index (χ0) is 15.4. The average Bonchev–Trinajstić information content (AvgIpc) is 2.43. The smallest absolute Gasteiger partial charge is 0.243 e. The molecular formula is C16H16Cl2N2O. The fraction of sp³-hybridized carbons (Fsp3) is 0.188. The van der Waals surface area contributed by atoms with E-state index in [1.165, 1.54) is 11.1 Å². The normalized spacial score (nSPS) is 10.3. The number of nitrogens with one attached hydrogen (secondary N) is 2. The molecule has 0 aliphatic heterocycles. The molecule has 2 aromatic rings. The van der Waals surface area contributed by atoms with E-state index in [2.05, 4.69) is 10.6 Å². The zero-order valence-corrected chi connectivity index (χ0v) is 13.3. The van der Waals surface area contributed by atoms with Crippen LogP contribution in [0.1, 0.15) is 11.1 Å². The lowest BCUT2D eigenvalue weighted by Crippen LogP contribution is -2.21. The third-order valence-electron chi connectivity index (χ3n) is 3.17. The van der Waals surface area contributed by atoms with Crippen molar-refractivity contribution in [2.24, 2.45) is 0 Å². The van der Waals surface area contributed by atoms with Crippen LogP contribution in [-0.2, 0) is 4.79 Å². The van der Waals surface area contributed by atoms with Crippen LogP contribution in [0.4, 0.5) is 11.4 Å². The maximum atomic E-state index is 11.9. The van der Waals surface area contributed by atoms with Crippen molar-refractivity contribution in [3.63, 3.8) is 0 Å². The zero-order valence-electron chi connectivity index (χ0n) is 11.8. The Balaban J connectivity index is 1.94. The molecule has 0 aromatic heterocycles. The molecule has 3 nitrogen and oxygen atoms in total. The van der Waals surface area contributed by atoms with Crippen LogP contribution in [0, 0.1) is 13.8 Å². The molecule has 21 heavy (non-hydrogen) atoms. The highest BCUT2D eigenvalue weighted by molar-refractivity contribution is 6.36. The Morgan fingerprint density at radius 1 is 1.05 bits per heavy atom. The van der Waals surface area contributed by atoms with Crippen LogP contribution < -0.4 is 10.6 Å². The highest BCUT2D eigenvalue weighted by Crippen LogP contribution is 2.25. The van der Waals surface area contributed by atoms with E-state index >= 15 is 0 Å². The summed E-state index contributed by atoms with van der Waals surface area (Å²) < 4.78 is 0. The lowest BCUT2D eigenvalue weighted by molar-refractivity contribution is -0.114. The van der Waals surface area contributed by atoms with Crippen LogP contribution in [0.2, 0.25) is 10.0 Å². The van der Waals surface area contributed by atoms with Crippen molar-refractivity contribution >= 4 is 40.5 Å². The van der Waals surface area contributed by atoms with Gasteiger partial charge in [0.1, 0.15) is 0 Å². The van der Waals surface area contributed by atoms with E-state index in [4.69, 9.17) is 23.2 Å². The number of amides is 1. The van der Waals surface area contributed by atoms with Crippen molar-refractivity contribution in [1.82, 2.24) is 0 Å². The summed E-state index contributed by atoms with van der Waals surface area (Å²) in [7, 11) is 0.